The summed E-state index contributed by atoms with van der Waals surface area (Å²) in [6.45, 7) is 5.53. The van der Waals surface area contributed by atoms with E-state index in [-0.39, 0.29) is 18.1 Å². The molecule has 4 aromatic rings. The molecule has 1 N–H and O–H groups in total. The summed E-state index contributed by atoms with van der Waals surface area (Å²) in [5.74, 6) is 0.309. The number of amides is 1. The van der Waals surface area contributed by atoms with Crippen molar-refractivity contribution in [2.75, 3.05) is 5.32 Å². The highest BCUT2D eigenvalue weighted by molar-refractivity contribution is 5.95. The molecular formula is C24H22N4O2. The number of aromatic nitrogens is 3. The molecule has 0 saturated carbocycles. The highest BCUT2D eigenvalue weighted by Crippen LogP contribution is 2.25. The smallest absolute Gasteiger partial charge is 0.229 e. The van der Waals surface area contributed by atoms with Crippen LogP contribution in [0.15, 0.2) is 60.9 Å². The molecule has 4 rings (SSSR count). The number of fused-ring (bicyclic) bond motifs is 1. The van der Waals surface area contributed by atoms with Crippen LogP contribution in [0.3, 0.4) is 0 Å². The lowest BCUT2D eigenvalue weighted by Crippen LogP contribution is -2.14. The molecule has 3 aromatic heterocycles. The van der Waals surface area contributed by atoms with Crippen molar-refractivity contribution in [3.8, 4) is 11.1 Å². The molecule has 6 heteroatoms. The van der Waals surface area contributed by atoms with Gasteiger partial charge in [0.1, 0.15) is 0 Å². The standard InChI is InChI=1S/C24H22N4O2/c1-15-10-18(4-5-22(15)20-6-8-25-16(2)11-20)12-24(30)26-23-14-21-13-19(17(3)29)7-9-28(21)27-23/h4-11,13-14H,12H2,1-3H3,(H,26,27,30). The molecule has 1 aromatic carbocycles. The van der Waals surface area contributed by atoms with Crippen LogP contribution in [0.2, 0.25) is 0 Å². The van der Waals surface area contributed by atoms with E-state index in [4.69, 9.17) is 0 Å². The van der Waals surface area contributed by atoms with Crippen molar-refractivity contribution in [2.45, 2.75) is 27.2 Å². The molecule has 0 aliphatic heterocycles. The van der Waals surface area contributed by atoms with E-state index in [1.54, 1.807) is 35.1 Å². The fourth-order valence-corrected chi connectivity index (χ4v) is 3.52. The Kier molecular flexibility index (Phi) is 5.14. The minimum Gasteiger partial charge on any atom is -0.309 e. The Hall–Kier alpha value is -3.80. The molecule has 0 spiro atoms. The number of nitrogens with zero attached hydrogens (tertiary/aromatic N) is 3. The van der Waals surface area contributed by atoms with Crippen molar-refractivity contribution < 1.29 is 9.59 Å². The number of pyridine rings is 2. The van der Waals surface area contributed by atoms with Crippen LogP contribution in [0.25, 0.3) is 16.6 Å². The van der Waals surface area contributed by atoms with E-state index < -0.39 is 0 Å². The van der Waals surface area contributed by atoms with Gasteiger partial charge < -0.3 is 5.32 Å². The molecule has 0 atom stereocenters. The zero-order valence-electron chi connectivity index (χ0n) is 17.1. The third-order valence-electron chi connectivity index (χ3n) is 5.00. The molecule has 6 nitrogen and oxygen atoms in total. The topological polar surface area (TPSA) is 76.4 Å². The SMILES string of the molecule is CC(=O)c1ccn2nc(NC(=O)Cc3ccc(-c4ccnc(C)c4)c(C)c3)cc2c1. The number of benzene rings is 1. The summed E-state index contributed by atoms with van der Waals surface area (Å²) in [5.41, 5.74) is 6.62. The van der Waals surface area contributed by atoms with Gasteiger partial charge in [0, 0.05) is 29.7 Å². The van der Waals surface area contributed by atoms with Gasteiger partial charge in [0.25, 0.3) is 0 Å². The molecule has 0 fully saturated rings. The lowest BCUT2D eigenvalue weighted by atomic mass is 9.97. The summed E-state index contributed by atoms with van der Waals surface area (Å²) in [7, 11) is 0. The molecule has 150 valence electrons. The highest BCUT2D eigenvalue weighted by atomic mass is 16.1. The average molecular weight is 398 g/mol. The third-order valence-corrected chi connectivity index (χ3v) is 5.00. The summed E-state index contributed by atoms with van der Waals surface area (Å²) in [5, 5.41) is 7.18. The fourth-order valence-electron chi connectivity index (χ4n) is 3.52. The average Bonchev–Trinajstić information content (AvgIpc) is 3.09. The first kappa shape index (κ1) is 19.5. The number of hydrogen-bond donors (Lipinski definition) is 1. The van der Waals surface area contributed by atoms with Crippen molar-refractivity contribution in [1.82, 2.24) is 14.6 Å². The van der Waals surface area contributed by atoms with Gasteiger partial charge in [-0.15, -0.1) is 0 Å². The number of hydrogen-bond acceptors (Lipinski definition) is 4. The third kappa shape index (κ3) is 4.12. The molecule has 0 radical (unpaired) electrons. The van der Waals surface area contributed by atoms with Gasteiger partial charge >= 0.3 is 0 Å². The molecule has 30 heavy (non-hydrogen) atoms. The molecular weight excluding hydrogens is 376 g/mol. The maximum Gasteiger partial charge on any atom is 0.229 e. The van der Waals surface area contributed by atoms with Gasteiger partial charge in [-0.05, 0) is 67.3 Å². The monoisotopic (exact) mass is 398 g/mol. The Morgan fingerprint density at radius 2 is 1.87 bits per heavy atom. The zero-order valence-corrected chi connectivity index (χ0v) is 17.1. The first-order valence-corrected chi connectivity index (χ1v) is 9.72. The number of Topliss-reactive ketones (excluding diaryl/α,β-unsaturated/α-hetero) is 1. The minimum absolute atomic E-state index is 0.00923. The Bertz CT molecular complexity index is 1270. The molecule has 0 saturated heterocycles. The van der Waals surface area contributed by atoms with Crippen LogP contribution in [0, 0.1) is 13.8 Å². The maximum atomic E-state index is 12.5. The molecule has 0 unspecified atom stereocenters. The first-order chi connectivity index (χ1) is 14.4. The van der Waals surface area contributed by atoms with Crippen molar-refractivity contribution in [2.24, 2.45) is 0 Å². The number of rotatable bonds is 5. The van der Waals surface area contributed by atoms with Crippen LogP contribution >= 0.6 is 0 Å². The Labute approximate surface area is 174 Å². The van der Waals surface area contributed by atoms with Crippen LogP contribution in [0.4, 0.5) is 5.82 Å². The number of anilines is 1. The molecule has 0 bridgehead atoms. The minimum atomic E-state index is -0.142. The Balaban J connectivity index is 1.48. The largest absolute Gasteiger partial charge is 0.309 e. The van der Waals surface area contributed by atoms with Gasteiger partial charge in [0.15, 0.2) is 11.6 Å². The van der Waals surface area contributed by atoms with Crippen LogP contribution in [0.1, 0.15) is 34.1 Å². The van der Waals surface area contributed by atoms with E-state index in [1.165, 1.54) is 6.92 Å². The number of ketones is 1. The maximum absolute atomic E-state index is 12.5. The normalized spacial score (nSPS) is 10.9. The van der Waals surface area contributed by atoms with Gasteiger partial charge in [-0.2, -0.15) is 5.10 Å². The van der Waals surface area contributed by atoms with E-state index in [0.717, 1.165) is 33.5 Å². The second-order valence-electron chi connectivity index (χ2n) is 7.43. The van der Waals surface area contributed by atoms with Gasteiger partial charge in [-0.1, -0.05) is 18.2 Å². The highest BCUT2D eigenvalue weighted by Gasteiger charge is 2.10. The van der Waals surface area contributed by atoms with Crippen molar-refractivity contribution in [3.63, 3.8) is 0 Å². The summed E-state index contributed by atoms with van der Waals surface area (Å²) in [4.78, 5) is 28.3. The number of aryl methyl sites for hydroxylation is 2. The van der Waals surface area contributed by atoms with Crippen LogP contribution < -0.4 is 5.32 Å². The van der Waals surface area contributed by atoms with Gasteiger partial charge in [-0.25, -0.2) is 4.52 Å². The molecule has 0 aliphatic carbocycles. The molecule has 0 aliphatic rings. The Morgan fingerprint density at radius 1 is 1.03 bits per heavy atom. The van der Waals surface area contributed by atoms with Crippen LogP contribution in [-0.2, 0) is 11.2 Å². The van der Waals surface area contributed by atoms with E-state index in [9.17, 15) is 9.59 Å². The predicted molar refractivity (Wildman–Crippen MR) is 117 cm³/mol. The van der Waals surface area contributed by atoms with E-state index in [2.05, 4.69) is 21.5 Å². The number of carbonyl (C=O) groups excluding carboxylic acids is 2. The lowest BCUT2D eigenvalue weighted by Gasteiger charge is -2.09. The van der Waals surface area contributed by atoms with Crippen molar-refractivity contribution in [1.29, 1.82) is 0 Å². The van der Waals surface area contributed by atoms with E-state index in [1.807, 2.05) is 38.1 Å². The van der Waals surface area contributed by atoms with Gasteiger partial charge in [0.2, 0.25) is 5.91 Å². The first-order valence-electron chi connectivity index (χ1n) is 9.72. The van der Waals surface area contributed by atoms with Gasteiger partial charge in [-0.3, -0.25) is 14.6 Å². The molecule has 3 heterocycles. The summed E-state index contributed by atoms with van der Waals surface area (Å²) in [6.07, 6.45) is 3.77. The van der Waals surface area contributed by atoms with Crippen molar-refractivity contribution in [3.05, 3.63) is 83.3 Å². The summed E-state index contributed by atoms with van der Waals surface area (Å²) < 4.78 is 1.64. The molecule has 1 amide bonds. The number of nitrogens with one attached hydrogen (secondary N) is 1. The van der Waals surface area contributed by atoms with E-state index >= 15 is 0 Å². The Morgan fingerprint density at radius 3 is 2.60 bits per heavy atom. The zero-order chi connectivity index (χ0) is 21.3. The quantitative estimate of drug-likeness (QED) is 0.506. The van der Waals surface area contributed by atoms with Gasteiger partial charge in [0.05, 0.1) is 11.9 Å². The summed E-state index contributed by atoms with van der Waals surface area (Å²) >= 11 is 0. The lowest BCUT2D eigenvalue weighted by molar-refractivity contribution is -0.115. The summed E-state index contributed by atoms with van der Waals surface area (Å²) in [6, 6.07) is 15.3. The predicted octanol–water partition coefficient (Wildman–Crippen LogP) is 4.40. The fraction of sp³-hybridized carbons (Fsp3) is 0.167. The van der Waals surface area contributed by atoms with Crippen molar-refractivity contribution >= 4 is 23.0 Å². The van der Waals surface area contributed by atoms with Crippen LogP contribution in [0.5, 0.6) is 0 Å². The number of carbonyl (C=O) groups is 2. The second kappa shape index (κ2) is 7.91. The second-order valence-corrected chi connectivity index (χ2v) is 7.43. The van der Waals surface area contributed by atoms with Crippen LogP contribution in [-0.4, -0.2) is 26.3 Å². The van der Waals surface area contributed by atoms with E-state index in [0.29, 0.717) is 11.4 Å².